The number of para-hydroxylation sites is 1. The zero-order valence-electron chi connectivity index (χ0n) is 11.3. The number of carbonyl (C=O) groups excluding carboxylic acids is 2. The monoisotopic (exact) mass is 270 g/mol. The van der Waals surface area contributed by atoms with E-state index >= 15 is 0 Å². The maximum absolute atomic E-state index is 11.6. The Hall–Kier alpha value is -2.62. The third-order valence-electron chi connectivity index (χ3n) is 2.69. The number of hydrogen-bond acceptors (Lipinski definition) is 4. The summed E-state index contributed by atoms with van der Waals surface area (Å²) in [7, 11) is 0. The minimum atomic E-state index is -1.04. The average Bonchev–Trinajstić information content (AvgIpc) is 2.44. The molecule has 0 amide bonds. The van der Waals surface area contributed by atoms with E-state index in [1.807, 2.05) is 13.0 Å². The predicted molar refractivity (Wildman–Crippen MR) is 73.6 cm³/mol. The second-order valence-electron chi connectivity index (χ2n) is 4.36. The van der Waals surface area contributed by atoms with Gasteiger partial charge >= 0.3 is 11.9 Å². The molecule has 0 unspecified atom stereocenters. The van der Waals surface area contributed by atoms with Crippen LogP contribution in [0.1, 0.15) is 11.1 Å². The van der Waals surface area contributed by atoms with Gasteiger partial charge < -0.3 is 9.47 Å². The van der Waals surface area contributed by atoms with E-state index in [0.29, 0.717) is 11.5 Å². The van der Waals surface area contributed by atoms with Crippen molar-refractivity contribution < 1.29 is 19.1 Å². The van der Waals surface area contributed by atoms with E-state index in [1.165, 1.54) is 0 Å². The number of ether oxygens (including phenoxy) is 2. The molecule has 2 aromatic carbocycles. The van der Waals surface area contributed by atoms with Crippen molar-refractivity contribution >= 4 is 11.9 Å². The molecule has 0 atom stereocenters. The number of esters is 2. The van der Waals surface area contributed by atoms with Crippen molar-refractivity contribution in [3.63, 3.8) is 0 Å². The van der Waals surface area contributed by atoms with Crippen molar-refractivity contribution in [2.24, 2.45) is 0 Å². The minimum Gasteiger partial charge on any atom is -0.418 e. The molecule has 0 aromatic heterocycles. The van der Waals surface area contributed by atoms with Crippen LogP contribution in [0.2, 0.25) is 0 Å². The Kier molecular flexibility index (Phi) is 4.15. The van der Waals surface area contributed by atoms with Gasteiger partial charge in [-0.1, -0.05) is 35.9 Å². The van der Waals surface area contributed by atoms with Gasteiger partial charge in [0.25, 0.3) is 0 Å². The topological polar surface area (TPSA) is 52.6 Å². The molecule has 0 fully saturated rings. The van der Waals surface area contributed by atoms with Crippen LogP contribution < -0.4 is 9.47 Å². The third kappa shape index (κ3) is 3.45. The largest absolute Gasteiger partial charge is 0.423 e. The standard InChI is InChI=1S/C16H14O4/c1-11-7-9-13(10-8-11)19-15(17)16(18)20-14-6-4-3-5-12(14)2/h3-10H,1-2H3. The first kappa shape index (κ1) is 13.8. The van der Waals surface area contributed by atoms with Crippen LogP contribution in [0.4, 0.5) is 0 Å². The molecule has 0 N–H and O–H groups in total. The molecular weight excluding hydrogens is 256 g/mol. The quantitative estimate of drug-likeness (QED) is 0.478. The number of aryl methyl sites for hydroxylation is 2. The van der Waals surface area contributed by atoms with Gasteiger partial charge in [0.05, 0.1) is 0 Å². The zero-order chi connectivity index (χ0) is 14.5. The van der Waals surface area contributed by atoms with Gasteiger partial charge in [0.15, 0.2) is 0 Å². The van der Waals surface area contributed by atoms with E-state index in [4.69, 9.17) is 9.47 Å². The maximum atomic E-state index is 11.6. The molecule has 0 saturated carbocycles. The highest BCUT2D eigenvalue weighted by molar-refractivity contribution is 6.31. The van der Waals surface area contributed by atoms with Gasteiger partial charge in [-0.3, -0.25) is 0 Å². The Morgan fingerprint density at radius 3 is 2.05 bits per heavy atom. The van der Waals surface area contributed by atoms with Crippen LogP contribution in [0.15, 0.2) is 48.5 Å². The van der Waals surface area contributed by atoms with Crippen LogP contribution in [0.3, 0.4) is 0 Å². The van der Waals surface area contributed by atoms with E-state index in [0.717, 1.165) is 11.1 Å². The summed E-state index contributed by atoms with van der Waals surface area (Å²) in [5.41, 5.74) is 1.80. The van der Waals surface area contributed by atoms with Gasteiger partial charge in [0.1, 0.15) is 11.5 Å². The smallest absolute Gasteiger partial charge is 0.418 e. The van der Waals surface area contributed by atoms with Crippen molar-refractivity contribution in [3.8, 4) is 11.5 Å². The molecule has 0 aliphatic heterocycles. The fourth-order valence-corrected chi connectivity index (χ4v) is 1.57. The lowest BCUT2D eigenvalue weighted by Gasteiger charge is -2.07. The summed E-state index contributed by atoms with van der Waals surface area (Å²) < 4.78 is 9.92. The second-order valence-corrected chi connectivity index (χ2v) is 4.36. The van der Waals surface area contributed by atoms with Crippen LogP contribution in [-0.4, -0.2) is 11.9 Å². The Morgan fingerprint density at radius 1 is 0.800 bits per heavy atom. The minimum absolute atomic E-state index is 0.308. The lowest BCUT2D eigenvalue weighted by Crippen LogP contribution is -2.25. The normalized spacial score (nSPS) is 9.90. The lowest BCUT2D eigenvalue weighted by molar-refractivity contribution is -0.156. The van der Waals surface area contributed by atoms with Crippen LogP contribution in [-0.2, 0) is 9.59 Å². The van der Waals surface area contributed by atoms with Crippen molar-refractivity contribution in [3.05, 3.63) is 59.7 Å². The first-order valence-electron chi connectivity index (χ1n) is 6.12. The Balaban J connectivity index is 2.01. The van der Waals surface area contributed by atoms with Gasteiger partial charge in [-0.05, 0) is 37.6 Å². The van der Waals surface area contributed by atoms with E-state index in [9.17, 15) is 9.59 Å². The molecule has 2 rings (SSSR count). The number of rotatable bonds is 2. The van der Waals surface area contributed by atoms with Crippen LogP contribution >= 0.6 is 0 Å². The van der Waals surface area contributed by atoms with Gasteiger partial charge in [-0.2, -0.15) is 0 Å². The zero-order valence-corrected chi connectivity index (χ0v) is 11.3. The molecule has 4 nitrogen and oxygen atoms in total. The summed E-state index contributed by atoms with van der Waals surface area (Å²) in [6, 6.07) is 13.8. The van der Waals surface area contributed by atoms with E-state index in [-0.39, 0.29) is 0 Å². The molecule has 102 valence electrons. The molecule has 0 aliphatic carbocycles. The van der Waals surface area contributed by atoms with E-state index in [1.54, 1.807) is 49.4 Å². The SMILES string of the molecule is Cc1ccc(OC(=O)C(=O)Oc2ccccc2C)cc1. The van der Waals surface area contributed by atoms with Gasteiger partial charge in [0.2, 0.25) is 0 Å². The highest BCUT2D eigenvalue weighted by atomic mass is 16.6. The van der Waals surface area contributed by atoms with Gasteiger partial charge in [-0.15, -0.1) is 0 Å². The molecule has 20 heavy (non-hydrogen) atoms. The summed E-state index contributed by atoms with van der Waals surface area (Å²) in [5.74, 6) is -1.43. The summed E-state index contributed by atoms with van der Waals surface area (Å²) in [4.78, 5) is 23.3. The number of benzene rings is 2. The van der Waals surface area contributed by atoms with E-state index in [2.05, 4.69) is 0 Å². The Labute approximate surface area is 116 Å². The summed E-state index contributed by atoms with van der Waals surface area (Å²) in [5, 5.41) is 0. The molecule has 2 aromatic rings. The molecular formula is C16H14O4. The highest BCUT2D eigenvalue weighted by Gasteiger charge is 2.19. The lowest BCUT2D eigenvalue weighted by atomic mass is 10.2. The van der Waals surface area contributed by atoms with E-state index < -0.39 is 11.9 Å². The Morgan fingerprint density at radius 2 is 1.40 bits per heavy atom. The van der Waals surface area contributed by atoms with Crippen molar-refractivity contribution in [1.29, 1.82) is 0 Å². The highest BCUT2D eigenvalue weighted by Crippen LogP contribution is 2.17. The van der Waals surface area contributed by atoms with Crippen LogP contribution in [0.5, 0.6) is 11.5 Å². The van der Waals surface area contributed by atoms with Crippen molar-refractivity contribution in [1.82, 2.24) is 0 Å². The van der Waals surface area contributed by atoms with Gasteiger partial charge in [0, 0.05) is 0 Å². The number of hydrogen-bond donors (Lipinski definition) is 0. The Bertz CT molecular complexity index is 629. The van der Waals surface area contributed by atoms with Gasteiger partial charge in [-0.25, -0.2) is 9.59 Å². The molecule has 0 aliphatic rings. The average molecular weight is 270 g/mol. The summed E-state index contributed by atoms with van der Waals surface area (Å²) >= 11 is 0. The first-order valence-corrected chi connectivity index (χ1v) is 6.12. The fraction of sp³-hybridized carbons (Fsp3) is 0.125. The predicted octanol–water partition coefficient (Wildman–Crippen LogP) is 2.81. The molecule has 4 heteroatoms. The molecule has 0 bridgehead atoms. The molecule has 0 saturated heterocycles. The summed E-state index contributed by atoms with van der Waals surface area (Å²) in [6.45, 7) is 3.70. The molecule has 0 spiro atoms. The van der Waals surface area contributed by atoms with Crippen LogP contribution in [0, 0.1) is 13.8 Å². The van der Waals surface area contributed by atoms with Crippen molar-refractivity contribution in [2.45, 2.75) is 13.8 Å². The number of carbonyl (C=O) groups is 2. The fourth-order valence-electron chi connectivity index (χ4n) is 1.57. The molecule has 0 heterocycles. The second kappa shape index (κ2) is 6.02. The molecule has 0 radical (unpaired) electrons. The van der Waals surface area contributed by atoms with Crippen molar-refractivity contribution in [2.75, 3.05) is 0 Å². The third-order valence-corrected chi connectivity index (χ3v) is 2.69. The maximum Gasteiger partial charge on any atom is 0.423 e. The first-order chi connectivity index (χ1) is 9.56. The van der Waals surface area contributed by atoms with Crippen LogP contribution in [0.25, 0.3) is 0 Å². The summed E-state index contributed by atoms with van der Waals surface area (Å²) in [6.07, 6.45) is 0.